The number of hydrogen-bond donors (Lipinski definition) is 0. The molecule has 0 amide bonds. The average Bonchev–Trinajstić information content (AvgIpc) is 2.49. The molecule has 2 bridgehead atoms. The third kappa shape index (κ3) is 2.68. The van der Waals surface area contributed by atoms with Crippen LogP contribution in [-0.4, -0.2) is 19.9 Å². The molecule has 0 aromatic carbocycles. The molecule has 142 valence electrons. The van der Waals surface area contributed by atoms with Crippen molar-refractivity contribution >= 4 is 19.9 Å². The second-order valence-corrected chi connectivity index (χ2v) is 14.8. The monoisotopic (exact) mass is 372 g/mol. The number of allylic oxidation sites excluding steroid dienone is 5. The van der Waals surface area contributed by atoms with Crippen molar-refractivity contribution in [2.75, 3.05) is 0 Å². The lowest BCUT2D eigenvalue weighted by molar-refractivity contribution is -0.118. The van der Waals surface area contributed by atoms with E-state index in [-0.39, 0.29) is 28.4 Å². The van der Waals surface area contributed by atoms with Crippen molar-refractivity contribution in [3.63, 3.8) is 0 Å². The van der Waals surface area contributed by atoms with Crippen molar-refractivity contribution in [2.45, 2.75) is 72.5 Å². The van der Waals surface area contributed by atoms with Crippen molar-refractivity contribution < 1.29 is 14.0 Å². The maximum Gasteiger partial charge on any atom is 0.250 e. The lowest BCUT2D eigenvalue weighted by Crippen LogP contribution is -2.48. The molecule has 0 aliphatic heterocycles. The Morgan fingerprint density at radius 2 is 1.85 bits per heavy atom. The standard InChI is InChI=1S/C22H32O3Si/c1-13(2)15-12-16(23)19-18(20(15)24)14-9-10-22(19,6)17(11-14)25-26(7,8)21(3,4)5/h11-14H,9-10H2,1-8H3/t14-,22+/m0/s1. The summed E-state index contributed by atoms with van der Waals surface area (Å²) in [4.78, 5) is 26.1. The van der Waals surface area contributed by atoms with E-state index in [1.165, 1.54) is 0 Å². The minimum absolute atomic E-state index is 0.0138. The van der Waals surface area contributed by atoms with Crippen molar-refractivity contribution in [1.29, 1.82) is 0 Å². The van der Waals surface area contributed by atoms with E-state index in [4.69, 9.17) is 4.43 Å². The van der Waals surface area contributed by atoms with Gasteiger partial charge in [0.2, 0.25) is 8.32 Å². The number of ketones is 2. The van der Waals surface area contributed by atoms with Gasteiger partial charge in [-0.2, -0.15) is 0 Å². The first-order valence-corrected chi connectivity index (χ1v) is 12.7. The fraction of sp³-hybridized carbons (Fsp3) is 0.636. The van der Waals surface area contributed by atoms with Crippen molar-refractivity contribution in [3.8, 4) is 0 Å². The molecule has 0 fully saturated rings. The SMILES string of the molecule is CC(C)C1=CC(=O)C2=C(C1=O)[C@@H]1C=C(O[Si](C)(C)C(C)(C)C)[C@@]2(C)CC1. The molecule has 0 N–H and O–H groups in total. The topological polar surface area (TPSA) is 43.4 Å². The second-order valence-electron chi connectivity index (χ2n) is 10.1. The molecule has 0 unspecified atom stereocenters. The highest BCUT2D eigenvalue weighted by Gasteiger charge is 2.53. The van der Waals surface area contributed by atoms with E-state index in [2.05, 4.69) is 46.9 Å². The first-order chi connectivity index (χ1) is 11.8. The van der Waals surface area contributed by atoms with Gasteiger partial charge in [-0.25, -0.2) is 0 Å². The Hall–Kier alpha value is -1.42. The van der Waals surface area contributed by atoms with Crippen LogP contribution in [-0.2, 0) is 14.0 Å². The van der Waals surface area contributed by atoms with E-state index < -0.39 is 13.7 Å². The van der Waals surface area contributed by atoms with Gasteiger partial charge in [0.1, 0.15) is 0 Å². The van der Waals surface area contributed by atoms with Crippen molar-refractivity contribution in [2.24, 2.45) is 17.3 Å². The number of fused-ring (bicyclic) bond motifs is 1. The second kappa shape index (κ2) is 5.79. The molecule has 0 saturated carbocycles. The van der Waals surface area contributed by atoms with Crippen LogP contribution in [0.4, 0.5) is 0 Å². The largest absolute Gasteiger partial charge is 0.546 e. The molecular formula is C22H32O3Si. The van der Waals surface area contributed by atoms with Gasteiger partial charge in [0.05, 0.1) is 11.2 Å². The van der Waals surface area contributed by atoms with E-state index in [0.29, 0.717) is 11.1 Å². The van der Waals surface area contributed by atoms with Crippen LogP contribution in [0.5, 0.6) is 0 Å². The first-order valence-electron chi connectivity index (χ1n) is 9.76. The average molecular weight is 373 g/mol. The highest BCUT2D eigenvalue weighted by molar-refractivity contribution is 6.74. The van der Waals surface area contributed by atoms with Crippen LogP contribution in [0.25, 0.3) is 0 Å². The van der Waals surface area contributed by atoms with Gasteiger partial charge in [-0.05, 0) is 56.0 Å². The molecule has 4 aliphatic rings. The van der Waals surface area contributed by atoms with Crippen LogP contribution in [0.1, 0.15) is 54.4 Å². The fourth-order valence-corrected chi connectivity index (χ4v) is 5.25. The first kappa shape index (κ1) is 19.3. The summed E-state index contributed by atoms with van der Waals surface area (Å²) in [5.74, 6) is 1.11. The number of hydrogen-bond acceptors (Lipinski definition) is 3. The molecule has 0 heterocycles. The highest BCUT2D eigenvalue weighted by Crippen LogP contribution is 2.57. The Bertz CT molecular complexity index is 774. The van der Waals surface area contributed by atoms with E-state index in [1.807, 2.05) is 13.8 Å². The molecule has 0 radical (unpaired) electrons. The summed E-state index contributed by atoms with van der Waals surface area (Å²) in [5, 5.41) is 0.0925. The molecule has 26 heavy (non-hydrogen) atoms. The van der Waals surface area contributed by atoms with Gasteiger partial charge in [0, 0.05) is 22.6 Å². The number of rotatable bonds is 3. The van der Waals surface area contributed by atoms with Gasteiger partial charge in [-0.15, -0.1) is 0 Å². The molecule has 0 saturated heterocycles. The Morgan fingerprint density at radius 1 is 1.23 bits per heavy atom. The summed E-state index contributed by atoms with van der Waals surface area (Å²) in [6.45, 7) is 17.2. The highest BCUT2D eigenvalue weighted by atomic mass is 28.4. The third-order valence-corrected chi connectivity index (χ3v) is 11.2. The van der Waals surface area contributed by atoms with Gasteiger partial charge < -0.3 is 4.43 Å². The summed E-state index contributed by atoms with van der Waals surface area (Å²) in [6, 6.07) is 0. The Kier molecular flexibility index (Phi) is 4.30. The van der Waals surface area contributed by atoms with E-state index >= 15 is 0 Å². The van der Waals surface area contributed by atoms with Gasteiger partial charge in [0.25, 0.3) is 0 Å². The van der Waals surface area contributed by atoms with Crippen LogP contribution in [0.3, 0.4) is 0 Å². The predicted octanol–water partition coefficient (Wildman–Crippen LogP) is 5.35. The minimum atomic E-state index is -2.01. The maximum absolute atomic E-state index is 13.1. The van der Waals surface area contributed by atoms with E-state index in [0.717, 1.165) is 24.2 Å². The van der Waals surface area contributed by atoms with Gasteiger partial charge in [-0.1, -0.05) is 34.6 Å². The van der Waals surface area contributed by atoms with Crippen LogP contribution in [0, 0.1) is 17.3 Å². The Balaban J connectivity index is 2.04. The summed E-state index contributed by atoms with van der Waals surface area (Å²) < 4.78 is 6.67. The summed E-state index contributed by atoms with van der Waals surface area (Å²) in [5.41, 5.74) is 1.65. The zero-order valence-electron chi connectivity index (χ0n) is 17.4. The number of carbonyl (C=O) groups is 2. The molecule has 3 nitrogen and oxygen atoms in total. The number of Topliss-reactive ketones (excluding diaryl/α,β-unsaturated/α-hetero) is 1. The van der Waals surface area contributed by atoms with Crippen LogP contribution >= 0.6 is 0 Å². The smallest absolute Gasteiger partial charge is 0.250 e. The van der Waals surface area contributed by atoms with Gasteiger partial charge in [-0.3, -0.25) is 9.59 Å². The lowest BCUT2D eigenvalue weighted by atomic mass is 9.58. The lowest BCUT2D eigenvalue weighted by Gasteiger charge is -2.50. The quantitative estimate of drug-likeness (QED) is 0.495. The fourth-order valence-electron chi connectivity index (χ4n) is 4.10. The molecular weight excluding hydrogens is 340 g/mol. The molecule has 4 rings (SSSR count). The molecule has 4 aliphatic carbocycles. The normalized spacial score (nSPS) is 29.0. The summed E-state index contributed by atoms with van der Waals surface area (Å²) in [7, 11) is -2.01. The summed E-state index contributed by atoms with van der Waals surface area (Å²) in [6.07, 6.45) is 5.53. The Morgan fingerprint density at radius 3 is 2.38 bits per heavy atom. The minimum Gasteiger partial charge on any atom is -0.546 e. The maximum atomic E-state index is 13.1. The van der Waals surface area contributed by atoms with E-state index in [9.17, 15) is 9.59 Å². The van der Waals surface area contributed by atoms with Gasteiger partial charge in [0.15, 0.2) is 11.6 Å². The van der Waals surface area contributed by atoms with Crippen LogP contribution in [0.15, 0.2) is 34.6 Å². The molecule has 2 atom stereocenters. The molecule has 0 aromatic rings. The zero-order chi connectivity index (χ0) is 19.7. The van der Waals surface area contributed by atoms with Crippen molar-refractivity contribution in [3.05, 3.63) is 34.6 Å². The Labute approximate surface area is 158 Å². The van der Waals surface area contributed by atoms with E-state index in [1.54, 1.807) is 6.08 Å². The number of carbonyl (C=O) groups excluding carboxylic acids is 2. The van der Waals surface area contributed by atoms with Crippen LogP contribution in [0.2, 0.25) is 18.1 Å². The zero-order valence-corrected chi connectivity index (χ0v) is 18.4. The third-order valence-electron chi connectivity index (χ3n) is 6.88. The molecule has 0 aromatic heterocycles. The summed E-state index contributed by atoms with van der Waals surface area (Å²) >= 11 is 0. The predicted molar refractivity (Wildman–Crippen MR) is 107 cm³/mol. The van der Waals surface area contributed by atoms with Crippen LogP contribution < -0.4 is 0 Å². The van der Waals surface area contributed by atoms with Crippen molar-refractivity contribution in [1.82, 2.24) is 0 Å². The molecule has 0 spiro atoms. The van der Waals surface area contributed by atoms with Gasteiger partial charge >= 0.3 is 0 Å². The molecule has 4 heteroatoms.